The number of carbonyl (C=O) groups is 1. The topological polar surface area (TPSA) is 79.6 Å². The summed E-state index contributed by atoms with van der Waals surface area (Å²) >= 11 is 3.30. The summed E-state index contributed by atoms with van der Waals surface area (Å²) in [6, 6.07) is 18.2. The second-order valence-corrected chi connectivity index (χ2v) is 9.75. The Morgan fingerprint density at radius 2 is 1.69 bits per heavy atom. The third-order valence-corrected chi connectivity index (χ3v) is 6.83. The number of amides is 1. The maximum atomic E-state index is 14.9. The van der Waals surface area contributed by atoms with Gasteiger partial charge >= 0.3 is 5.91 Å². The molecule has 0 saturated carbocycles. The van der Waals surface area contributed by atoms with Crippen molar-refractivity contribution in [2.24, 2.45) is 0 Å². The van der Waals surface area contributed by atoms with E-state index in [0.717, 1.165) is 0 Å². The number of carbonyl (C=O) groups excluding carboxylic acids is 1. The van der Waals surface area contributed by atoms with Crippen LogP contribution in [-0.4, -0.2) is 28.4 Å². The lowest BCUT2D eigenvalue weighted by molar-refractivity contribution is 0.0956. The maximum absolute atomic E-state index is 14.9. The van der Waals surface area contributed by atoms with Gasteiger partial charge in [0.2, 0.25) is 0 Å². The molecule has 6 nitrogen and oxygen atoms in total. The molecule has 1 heterocycles. The highest BCUT2D eigenvalue weighted by Gasteiger charge is 2.26. The number of nitrogens with zero attached hydrogens (tertiary/aromatic N) is 1. The molecule has 1 amide bonds. The number of hydrogen-bond acceptors (Lipinski definition) is 5. The average Bonchev–Trinajstić information content (AvgIpc) is 3.18. The molecule has 0 aliphatic carbocycles. The molecule has 9 heteroatoms. The van der Waals surface area contributed by atoms with E-state index in [0.29, 0.717) is 21.0 Å². The van der Waals surface area contributed by atoms with Gasteiger partial charge in [-0.3, -0.25) is 4.79 Å². The summed E-state index contributed by atoms with van der Waals surface area (Å²) in [5.41, 5.74) is 1.25. The van der Waals surface area contributed by atoms with Crippen molar-refractivity contribution in [1.82, 2.24) is 4.72 Å². The number of halogens is 2. The van der Waals surface area contributed by atoms with E-state index in [-0.39, 0.29) is 21.9 Å². The van der Waals surface area contributed by atoms with Crippen molar-refractivity contribution in [3.05, 3.63) is 82.8 Å². The smallest absolute Gasteiger partial charge is 0.300 e. The molecule has 0 fully saturated rings. The highest BCUT2D eigenvalue weighted by Crippen LogP contribution is 2.36. The van der Waals surface area contributed by atoms with Gasteiger partial charge in [-0.2, -0.15) is 0 Å². The molecule has 0 bridgehead atoms. The predicted octanol–water partition coefficient (Wildman–Crippen LogP) is 5.19. The normalized spacial score (nSPS) is 11.5. The van der Waals surface area contributed by atoms with Crippen LogP contribution in [0.15, 0.2) is 80.5 Å². The first kappa shape index (κ1) is 22.0. The van der Waals surface area contributed by atoms with Crippen LogP contribution in [0.3, 0.4) is 0 Å². The van der Waals surface area contributed by atoms with Crippen LogP contribution in [0.25, 0.3) is 22.1 Å². The molecule has 1 aromatic heterocycles. The fourth-order valence-corrected chi connectivity index (χ4v) is 5.37. The molecule has 0 aliphatic rings. The fourth-order valence-electron chi connectivity index (χ4n) is 3.41. The van der Waals surface area contributed by atoms with Crippen molar-refractivity contribution in [1.29, 1.82) is 0 Å². The molecule has 4 rings (SSSR count). The second kappa shape index (κ2) is 8.40. The van der Waals surface area contributed by atoms with E-state index >= 15 is 0 Å². The number of rotatable bonds is 5. The van der Waals surface area contributed by atoms with E-state index in [4.69, 9.17) is 4.42 Å². The lowest BCUT2D eigenvalue weighted by Crippen LogP contribution is -2.30. The number of anilines is 1. The number of furan rings is 1. The third kappa shape index (κ3) is 4.01. The van der Waals surface area contributed by atoms with Crippen LogP contribution in [0, 0.1) is 5.82 Å². The molecule has 0 spiro atoms. The van der Waals surface area contributed by atoms with E-state index < -0.39 is 21.7 Å². The Hall–Kier alpha value is -3.17. The fraction of sp³-hybridized carbons (Fsp3) is 0.0870. The van der Waals surface area contributed by atoms with Crippen LogP contribution in [-0.2, 0) is 10.0 Å². The van der Waals surface area contributed by atoms with Crippen molar-refractivity contribution in [2.75, 3.05) is 19.0 Å². The van der Waals surface area contributed by atoms with Crippen molar-refractivity contribution < 1.29 is 22.0 Å². The summed E-state index contributed by atoms with van der Waals surface area (Å²) < 4.78 is 48.8. The summed E-state index contributed by atoms with van der Waals surface area (Å²) in [4.78, 5) is 14.2. The maximum Gasteiger partial charge on any atom is 0.300 e. The Bertz CT molecular complexity index is 1430. The Morgan fingerprint density at radius 1 is 1.03 bits per heavy atom. The molecular formula is C23H18BrFN2O4S. The van der Waals surface area contributed by atoms with Gasteiger partial charge in [0.25, 0.3) is 10.0 Å². The number of sulfonamides is 1. The Balaban J connectivity index is 1.71. The monoisotopic (exact) mass is 516 g/mol. The summed E-state index contributed by atoms with van der Waals surface area (Å²) in [5, 5.41) is 0.326. The number of fused-ring (bicyclic) bond motifs is 1. The number of hydrogen-bond donors (Lipinski definition) is 1. The van der Waals surface area contributed by atoms with Crippen molar-refractivity contribution in [3.8, 4) is 11.1 Å². The second-order valence-electron chi connectivity index (χ2n) is 7.24. The molecule has 0 aliphatic heterocycles. The summed E-state index contributed by atoms with van der Waals surface area (Å²) in [6.07, 6.45) is 0. The third-order valence-electron chi connectivity index (χ3n) is 4.84. The Kier molecular flexibility index (Phi) is 5.79. The van der Waals surface area contributed by atoms with Gasteiger partial charge in [0.05, 0.1) is 10.6 Å². The van der Waals surface area contributed by atoms with Gasteiger partial charge in [-0.15, -0.1) is 0 Å². The molecule has 164 valence electrons. The molecule has 0 radical (unpaired) electrons. The summed E-state index contributed by atoms with van der Waals surface area (Å²) in [6.45, 7) is 0. The Morgan fingerprint density at radius 3 is 2.38 bits per heavy atom. The minimum Gasteiger partial charge on any atom is -0.448 e. The minimum absolute atomic E-state index is 0.0560. The molecule has 0 unspecified atom stereocenters. The van der Waals surface area contributed by atoms with Gasteiger partial charge in [0.15, 0.2) is 17.2 Å². The van der Waals surface area contributed by atoms with E-state index in [2.05, 4.69) is 15.9 Å². The van der Waals surface area contributed by atoms with E-state index in [9.17, 15) is 17.6 Å². The summed E-state index contributed by atoms with van der Waals surface area (Å²) in [7, 11) is -0.897. The van der Waals surface area contributed by atoms with Crippen LogP contribution in [0.1, 0.15) is 10.6 Å². The van der Waals surface area contributed by atoms with Crippen molar-refractivity contribution in [2.45, 2.75) is 4.90 Å². The highest BCUT2D eigenvalue weighted by molar-refractivity contribution is 9.10. The lowest BCUT2D eigenvalue weighted by Gasteiger charge is -2.15. The first-order valence-electron chi connectivity index (χ1n) is 9.49. The Labute approximate surface area is 192 Å². The van der Waals surface area contributed by atoms with E-state index in [1.807, 2.05) is 10.8 Å². The summed E-state index contributed by atoms with van der Waals surface area (Å²) in [5.74, 6) is -1.97. The van der Waals surface area contributed by atoms with Crippen LogP contribution in [0.2, 0.25) is 0 Å². The van der Waals surface area contributed by atoms with Gasteiger partial charge in [-0.1, -0.05) is 48.5 Å². The van der Waals surface area contributed by atoms with Crippen LogP contribution >= 0.6 is 15.9 Å². The molecule has 0 saturated heterocycles. The van der Waals surface area contributed by atoms with Gasteiger partial charge in [-0.05, 0) is 39.7 Å². The van der Waals surface area contributed by atoms with Gasteiger partial charge in [0, 0.05) is 29.5 Å². The standard InChI is InChI=1S/C23H18BrFN2O4S/c1-27(2)21-17(24)12-15-13-18(31-22(15)20(21)25)23(28)26-32(29,30)19-11-7-6-10-16(19)14-8-4-3-5-9-14/h3-13H,1-2H3,(H,26,28). The zero-order chi connectivity index (χ0) is 23.0. The van der Waals surface area contributed by atoms with Crippen LogP contribution < -0.4 is 9.62 Å². The van der Waals surface area contributed by atoms with E-state index in [1.165, 1.54) is 12.1 Å². The molecule has 32 heavy (non-hydrogen) atoms. The first-order chi connectivity index (χ1) is 15.2. The number of nitrogens with one attached hydrogen (secondary N) is 1. The largest absolute Gasteiger partial charge is 0.448 e. The first-order valence-corrected chi connectivity index (χ1v) is 11.8. The zero-order valence-corrected chi connectivity index (χ0v) is 19.5. The molecule has 0 atom stereocenters. The highest BCUT2D eigenvalue weighted by atomic mass is 79.9. The molecule has 1 N–H and O–H groups in total. The van der Waals surface area contributed by atoms with Crippen molar-refractivity contribution in [3.63, 3.8) is 0 Å². The minimum atomic E-state index is -4.23. The molecule has 3 aromatic carbocycles. The van der Waals surface area contributed by atoms with Crippen LogP contribution in [0.4, 0.5) is 10.1 Å². The lowest BCUT2D eigenvalue weighted by atomic mass is 10.1. The van der Waals surface area contributed by atoms with Crippen LogP contribution in [0.5, 0.6) is 0 Å². The van der Waals surface area contributed by atoms with Gasteiger partial charge in [-0.25, -0.2) is 17.5 Å². The van der Waals surface area contributed by atoms with Gasteiger partial charge < -0.3 is 9.32 Å². The average molecular weight is 517 g/mol. The van der Waals surface area contributed by atoms with Crippen molar-refractivity contribution >= 4 is 48.5 Å². The predicted molar refractivity (Wildman–Crippen MR) is 125 cm³/mol. The molecular weight excluding hydrogens is 499 g/mol. The molecule has 4 aromatic rings. The number of benzene rings is 3. The SMILES string of the molecule is CN(C)c1c(Br)cc2cc(C(=O)NS(=O)(=O)c3ccccc3-c3ccccc3)oc2c1F. The zero-order valence-electron chi connectivity index (χ0n) is 17.1. The van der Waals surface area contributed by atoms with Gasteiger partial charge in [0.1, 0.15) is 0 Å². The van der Waals surface area contributed by atoms with E-state index in [1.54, 1.807) is 67.5 Å². The quantitative estimate of drug-likeness (QED) is 0.395.